The van der Waals surface area contributed by atoms with E-state index in [4.69, 9.17) is 4.52 Å². The Morgan fingerprint density at radius 3 is 2.75 bits per heavy atom. The van der Waals surface area contributed by atoms with E-state index in [0.29, 0.717) is 24.7 Å². The Labute approximate surface area is 142 Å². The molecule has 2 aliphatic rings. The molecule has 0 saturated carbocycles. The molecule has 1 aromatic carbocycles. The Morgan fingerprint density at radius 1 is 1.21 bits per heavy atom. The summed E-state index contributed by atoms with van der Waals surface area (Å²) in [5.74, 6) is 1.35. The number of aromatic nitrogens is 2. The van der Waals surface area contributed by atoms with E-state index in [-0.39, 0.29) is 17.4 Å². The van der Waals surface area contributed by atoms with Crippen molar-refractivity contribution in [2.45, 2.75) is 57.9 Å². The minimum atomic E-state index is -0.172. The topological polar surface area (TPSA) is 59.2 Å². The molecule has 0 spiro atoms. The number of aryl methyl sites for hydroxylation is 2. The van der Waals surface area contributed by atoms with Crippen LogP contribution in [0, 0.1) is 0 Å². The molecule has 1 aliphatic heterocycles. The van der Waals surface area contributed by atoms with Crippen molar-refractivity contribution in [2.24, 2.45) is 0 Å². The van der Waals surface area contributed by atoms with Crippen LogP contribution < -0.4 is 0 Å². The zero-order valence-electron chi connectivity index (χ0n) is 14.5. The van der Waals surface area contributed by atoms with Gasteiger partial charge < -0.3 is 9.42 Å². The van der Waals surface area contributed by atoms with Gasteiger partial charge in [0.1, 0.15) is 0 Å². The van der Waals surface area contributed by atoms with Gasteiger partial charge in [-0.1, -0.05) is 17.3 Å². The van der Waals surface area contributed by atoms with Crippen molar-refractivity contribution >= 4 is 5.91 Å². The van der Waals surface area contributed by atoms with Gasteiger partial charge in [0, 0.05) is 24.1 Å². The molecule has 1 amide bonds. The SMILES string of the molecule is CC(C)(C)N1CC(c2nc(-c3ccc4c(c3)CCC4)no2)CC1=O. The Morgan fingerprint density at radius 2 is 2.00 bits per heavy atom. The minimum absolute atomic E-state index is 0.00703. The summed E-state index contributed by atoms with van der Waals surface area (Å²) in [6.45, 7) is 6.80. The van der Waals surface area contributed by atoms with Gasteiger partial charge in [0.15, 0.2) is 0 Å². The van der Waals surface area contributed by atoms with Crippen LogP contribution in [0.3, 0.4) is 0 Å². The number of fused-ring (bicyclic) bond motifs is 1. The molecular weight excluding hydrogens is 302 g/mol. The lowest BCUT2D eigenvalue weighted by atomic mass is 10.1. The van der Waals surface area contributed by atoms with Gasteiger partial charge in [-0.15, -0.1) is 0 Å². The normalized spacial score (nSPS) is 20.7. The molecule has 0 bridgehead atoms. The summed E-state index contributed by atoms with van der Waals surface area (Å²) in [5.41, 5.74) is 3.66. The summed E-state index contributed by atoms with van der Waals surface area (Å²) in [4.78, 5) is 18.7. The molecule has 0 radical (unpaired) electrons. The summed E-state index contributed by atoms with van der Waals surface area (Å²) in [6, 6.07) is 6.42. The number of carbonyl (C=O) groups is 1. The van der Waals surface area contributed by atoms with Crippen molar-refractivity contribution in [1.82, 2.24) is 15.0 Å². The van der Waals surface area contributed by atoms with Gasteiger partial charge in [0.05, 0.1) is 5.92 Å². The fourth-order valence-corrected chi connectivity index (χ4v) is 3.75. The second-order valence-electron chi connectivity index (χ2n) is 7.87. The molecule has 1 aromatic heterocycles. The Balaban J connectivity index is 1.56. The van der Waals surface area contributed by atoms with Gasteiger partial charge in [-0.2, -0.15) is 4.98 Å². The van der Waals surface area contributed by atoms with Gasteiger partial charge in [-0.05, 0) is 57.2 Å². The lowest BCUT2D eigenvalue weighted by Gasteiger charge is -2.31. The van der Waals surface area contributed by atoms with Crippen molar-refractivity contribution in [3.05, 3.63) is 35.2 Å². The molecule has 5 nitrogen and oxygen atoms in total. The van der Waals surface area contributed by atoms with E-state index in [2.05, 4.69) is 49.1 Å². The molecule has 2 aromatic rings. The minimum Gasteiger partial charge on any atom is -0.339 e. The molecule has 1 saturated heterocycles. The molecule has 5 heteroatoms. The third kappa shape index (κ3) is 2.62. The van der Waals surface area contributed by atoms with Crippen molar-refractivity contribution in [3.63, 3.8) is 0 Å². The maximum Gasteiger partial charge on any atom is 0.232 e. The monoisotopic (exact) mass is 325 g/mol. The smallest absolute Gasteiger partial charge is 0.232 e. The first kappa shape index (κ1) is 15.4. The molecule has 1 unspecified atom stereocenters. The number of nitrogens with zero attached hydrogens (tertiary/aromatic N) is 3. The van der Waals surface area contributed by atoms with E-state index in [1.807, 2.05) is 4.90 Å². The first-order chi connectivity index (χ1) is 11.4. The summed E-state index contributed by atoms with van der Waals surface area (Å²) >= 11 is 0. The molecule has 4 rings (SSSR count). The molecular formula is C19H23N3O2. The van der Waals surface area contributed by atoms with Gasteiger partial charge in [0.2, 0.25) is 17.6 Å². The number of rotatable bonds is 2. The first-order valence-corrected chi connectivity index (χ1v) is 8.68. The third-order valence-electron chi connectivity index (χ3n) is 5.08. The second kappa shape index (κ2) is 5.43. The van der Waals surface area contributed by atoms with Crippen LogP contribution in [0.15, 0.2) is 22.7 Å². The Hall–Kier alpha value is -2.17. The fourth-order valence-electron chi connectivity index (χ4n) is 3.75. The van der Waals surface area contributed by atoms with E-state index >= 15 is 0 Å². The average Bonchev–Trinajstić information content (AvgIpc) is 3.24. The van der Waals surface area contributed by atoms with Crippen LogP contribution in [-0.4, -0.2) is 33.0 Å². The lowest BCUT2D eigenvalue weighted by Crippen LogP contribution is -2.42. The van der Waals surface area contributed by atoms with Crippen LogP contribution in [0.4, 0.5) is 0 Å². The zero-order chi connectivity index (χ0) is 16.9. The van der Waals surface area contributed by atoms with Crippen LogP contribution in [0.2, 0.25) is 0 Å². The average molecular weight is 325 g/mol. The van der Waals surface area contributed by atoms with E-state index in [9.17, 15) is 4.79 Å². The number of likely N-dealkylation sites (tertiary alicyclic amines) is 1. The lowest BCUT2D eigenvalue weighted by molar-refractivity contribution is -0.131. The summed E-state index contributed by atoms with van der Waals surface area (Å²) in [5, 5.41) is 4.15. The number of carbonyl (C=O) groups excluding carboxylic acids is 1. The predicted molar refractivity (Wildman–Crippen MR) is 90.6 cm³/mol. The van der Waals surface area contributed by atoms with Crippen molar-refractivity contribution in [1.29, 1.82) is 0 Å². The van der Waals surface area contributed by atoms with E-state index in [1.165, 1.54) is 24.0 Å². The Kier molecular flexibility index (Phi) is 3.48. The fraction of sp³-hybridized carbons (Fsp3) is 0.526. The second-order valence-corrected chi connectivity index (χ2v) is 7.87. The van der Waals surface area contributed by atoms with E-state index in [1.54, 1.807) is 0 Å². The standard InChI is InChI=1S/C19H23N3O2/c1-19(2,3)22-11-15(10-16(22)23)18-20-17(21-24-18)14-8-7-12-5-4-6-13(12)9-14/h7-9,15H,4-6,10-11H2,1-3H3. The van der Waals surface area contributed by atoms with Crippen LogP contribution in [0.25, 0.3) is 11.4 Å². The predicted octanol–water partition coefficient (Wildman–Crippen LogP) is 3.34. The van der Waals surface area contributed by atoms with Crippen molar-refractivity contribution < 1.29 is 9.32 Å². The van der Waals surface area contributed by atoms with E-state index in [0.717, 1.165) is 12.0 Å². The maximum absolute atomic E-state index is 12.2. The van der Waals surface area contributed by atoms with Crippen molar-refractivity contribution in [2.75, 3.05) is 6.54 Å². The van der Waals surface area contributed by atoms with Crippen LogP contribution in [0.1, 0.15) is 56.5 Å². The van der Waals surface area contributed by atoms with Crippen LogP contribution >= 0.6 is 0 Å². The number of hydrogen-bond acceptors (Lipinski definition) is 4. The summed E-state index contributed by atoms with van der Waals surface area (Å²) < 4.78 is 5.49. The van der Waals surface area contributed by atoms with Crippen molar-refractivity contribution in [3.8, 4) is 11.4 Å². The van der Waals surface area contributed by atoms with Crippen LogP contribution in [0.5, 0.6) is 0 Å². The summed E-state index contributed by atoms with van der Waals surface area (Å²) in [7, 11) is 0. The van der Waals surface area contributed by atoms with Gasteiger partial charge in [-0.25, -0.2) is 0 Å². The highest BCUT2D eigenvalue weighted by Crippen LogP contribution is 2.33. The molecule has 1 aliphatic carbocycles. The van der Waals surface area contributed by atoms with Gasteiger partial charge in [0.25, 0.3) is 0 Å². The zero-order valence-corrected chi connectivity index (χ0v) is 14.5. The highest BCUT2D eigenvalue weighted by atomic mass is 16.5. The number of benzene rings is 1. The van der Waals surface area contributed by atoms with E-state index < -0.39 is 0 Å². The largest absolute Gasteiger partial charge is 0.339 e. The number of amides is 1. The Bertz CT molecular complexity index is 788. The quantitative estimate of drug-likeness (QED) is 0.849. The maximum atomic E-state index is 12.2. The highest BCUT2D eigenvalue weighted by Gasteiger charge is 2.39. The first-order valence-electron chi connectivity index (χ1n) is 8.68. The van der Waals surface area contributed by atoms with Gasteiger partial charge in [-0.3, -0.25) is 4.79 Å². The highest BCUT2D eigenvalue weighted by molar-refractivity contribution is 5.80. The molecule has 126 valence electrons. The molecule has 2 heterocycles. The van der Waals surface area contributed by atoms with Crippen LogP contribution in [-0.2, 0) is 17.6 Å². The third-order valence-corrected chi connectivity index (χ3v) is 5.08. The molecule has 24 heavy (non-hydrogen) atoms. The molecule has 0 N–H and O–H groups in total. The number of hydrogen-bond donors (Lipinski definition) is 0. The van der Waals surface area contributed by atoms with Gasteiger partial charge >= 0.3 is 0 Å². The summed E-state index contributed by atoms with van der Waals surface area (Å²) in [6.07, 6.45) is 3.97. The molecule has 1 fully saturated rings. The molecule has 1 atom stereocenters.